The lowest BCUT2D eigenvalue weighted by Gasteiger charge is -2.22. The molecule has 0 N–H and O–H groups in total. The van der Waals surface area contributed by atoms with Gasteiger partial charge in [0.1, 0.15) is 7.05 Å². The van der Waals surface area contributed by atoms with Crippen LogP contribution < -0.4 is 4.57 Å². The summed E-state index contributed by atoms with van der Waals surface area (Å²) in [5.41, 5.74) is 5.56. The average Bonchev–Trinajstić information content (AvgIpc) is 3.15. The van der Waals surface area contributed by atoms with Gasteiger partial charge in [0.05, 0.1) is 10.9 Å². The highest BCUT2D eigenvalue weighted by Crippen LogP contribution is 2.36. The molecule has 4 aromatic rings. The van der Waals surface area contributed by atoms with Crippen LogP contribution in [0.2, 0.25) is 0 Å². The van der Waals surface area contributed by atoms with Crippen LogP contribution in [-0.2, 0) is 7.05 Å². The Hall–Kier alpha value is -2.19. The van der Waals surface area contributed by atoms with Gasteiger partial charge in [-0.05, 0) is 77.2 Å². The summed E-state index contributed by atoms with van der Waals surface area (Å²) in [7, 11) is 2.17. The highest BCUT2D eigenvalue weighted by molar-refractivity contribution is 7.17. The van der Waals surface area contributed by atoms with Crippen molar-refractivity contribution in [2.75, 3.05) is 0 Å². The van der Waals surface area contributed by atoms with Crippen LogP contribution in [0.3, 0.4) is 0 Å². The quantitative estimate of drug-likeness (QED) is 0.337. The van der Waals surface area contributed by atoms with Crippen LogP contribution in [0.15, 0.2) is 54.0 Å². The van der Waals surface area contributed by atoms with Gasteiger partial charge in [-0.1, -0.05) is 31.4 Å². The van der Waals surface area contributed by atoms with Crippen molar-refractivity contribution in [3.8, 4) is 11.3 Å². The summed E-state index contributed by atoms with van der Waals surface area (Å²) in [6.07, 6.45) is 9.12. The number of hydrogen-bond donors (Lipinski definition) is 0. The van der Waals surface area contributed by atoms with Crippen LogP contribution in [0.25, 0.3) is 32.1 Å². The number of pyridine rings is 1. The Balaban J connectivity index is 1.68. The molecule has 2 aromatic carbocycles. The number of benzene rings is 2. The number of fused-ring (bicyclic) bond motifs is 2. The molecule has 136 valence electrons. The lowest BCUT2D eigenvalue weighted by Crippen LogP contribution is -2.30. The van der Waals surface area contributed by atoms with E-state index < -0.39 is 0 Å². The van der Waals surface area contributed by atoms with E-state index in [1.165, 1.54) is 75.3 Å². The number of thiophene rings is 1. The van der Waals surface area contributed by atoms with Gasteiger partial charge in [-0.15, -0.1) is 11.3 Å². The minimum Gasteiger partial charge on any atom is -0.200 e. The first-order valence-electron chi connectivity index (χ1n) is 10.1. The number of rotatable bonds is 2. The molecule has 0 amide bonds. The van der Waals surface area contributed by atoms with Crippen molar-refractivity contribution in [3.05, 3.63) is 65.2 Å². The summed E-state index contributed by atoms with van der Waals surface area (Å²) >= 11 is 1.83. The standard InChI is InChI=1S/C25H26NS/c1-17-14-21-11-13-27-24(21)16-23(17)25-22-9-8-19(18-6-4-3-5-7-18)15-20(22)10-12-26(25)2/h8-16,18H,3-7H2,1-2H3/q+1. The monoisotopic (exact) mass is 372 g/mol. The Labute approximate surface area is 165 Å². The number of aromatic nitrogens is 1. The van der Waals surface area contributed by atoms with Crippen molar-refractivity contribution >= 4 is 32.2 Å². The average molecular weight is 373 g/mol. The number of hydrogen-bond acceptors (Lipinski definition) is 1. The Kier molecular flexibility index (Phi) is 4.24. The third-order valence-corrected chi connectivity index (χ3v) is 7.17. The van der Waals surface area contributed by atoms with Crippen molar-refractivity contribution in [2.24, 2.45) is 7.05 Å². The van der Waals surface area contributed by atoms with E-state index in [0.717, 1.165) is 5.92 Å². The minimum absolute atomic E-state index is 0.754. The molecule has 2 aromatic heterocycles. The Morgan fingerprint density at radius 3 is 2.63 bits per heavy atom. The molecule has 0 saturated heterocycles. The lowest BCUT2D eigenvalue weighted by molar-refractivity contribution is -0.659. The number of nitrogens with zero attached hydrogens (tertiary/aromatic N) is 1. The summed E-state index contributed by atoms with van der Waals surface area (Å²) in [6, 6.07) is 16.4. The predicted molar refractivity (Wildman–Crippen MR) is 117 cm³/mol. The van der Waals surface area contributed by atoms with Gasteiger partial charge >= 0.3 is 0 Å². The Bertz CT molecular complexity index is 1130. The Morgan fingerprint density at radius 2 is 1.78 bits per heavy atom. The molecule has 0 spiro atoms. The second-order valence-corrected chi connectivity index (χ2v) is 9.03. The molecule has 1 fully saturated rings. The molecule has 5 rings (SSSR count). The lowest BCUT2D eigenvalue weighted by atomic mass is 9.83. The fraction of sp³-hybridized carbons (Fsp3) is 0.320. The molecule has 1 saturated carbocycles. The molecule has 0 bridgehead atoms. The normalized spacial score (nSPS) is 15.6. The zero-order valence-corrected chi connectivity index (χ0v) is 17.0. The van der Waals surface area contributed by atoms with E-state index in [2.05, 4.69) is 72.6 Å². The topological polar surface area (TPSA) is 3.88 Å². The molecular weight excluding hydrogens is 346 g/mol. The predicted octanol–water partition coefficient (Wildman–Crippen LogP) is 6.90. The van der Waals surface area contributed by atoms with E-state index >= 15 is 0 Å². The molecule has 0 atom stereocenters. The van der Waals surface area contributed by atoms with Gasteiger partial charge < -0.3 is 0 Å². The summed E-state index contributed by atoms with van der Waals surface area (Å²) < 4.78 is 3.65. The molecule has 27 heavy (non-hydrogen) atoms. The zero-order valence-electron chi connectivity index (χ0n) is 16.2. The summed E-state index contributed by atoms with van der Waals surface area (Å²) in [5, 5.41) is 6.27. The van der Waals surface area contributed by atoms with Gasteiger partial charge in [0.2, 0.25) is 5.69 Å². The summed E-state index contributed by atoms with van der Waals surface area (Å²) in [4.78, 5) is 0. The first kappa shape index (κ1) is 16.9. The fourth-order valence-corrected chi connectivity index (χ4v) is 5.60. The largest absolute Gasteiger partial charge is 0.220 e. The van der Waals surface area contributed by atoms with Gasteiger partial charge in [0.25, 0.3) is 0 Å². The van der Waals surface area contributed by atoms with Gasteiger partial charge in [0, 0.05) is 10.8 Å². The minimum atomic E-state index is 0.754. The maximum Gasteiger partial charge on any atom is 0.220 e. The van der Waals surface area contributed by atoms with E-state index in [9.17, 15) is 0 Å². The van der Waals surface area contributed by atoms with E-state index in [0.29, 0.717) is 0 Å². The third-order valence-electron chi connectivity index (χ3n) is 6.29. The van der Waals surface area contributed by atoms with E-state index in [1.54, 1.807) is 0 Å². The summed E-state index contributed by atoms with van der Waals surface area (Å²) in [6.45, 7) is 2.24. The fourth-order valence-electron chi connectivity index (χ4n) is 4.79. The van der Waals surface area contributed by atoms with Crippen molar-refractivity contribution in [1.82, 2.24) is 0 Å². The molecule has 2 heteroatoms. The zero-order chi connectivity index (χ0) is 18.4. The molecule has 1 aliphatic carbocycles. The maximum atomic E-state index is 2.45. The molecule has 1 aliphatic rings. The van der Waals surface area contributed by atoms with Crippen LogP contribution in [0.4, 0.5) is 0 Å². The van der Waals surface area contributed by atoms with E-state index in [1.807, 2.05) is 11.3 Å². The van der Waals surface area contributed by atoms with Gasteiger partial charge in [-0.3, -0.25) is 0 Å². The molecule has 0 radical (unpaired) electrons. The van der Waals surface area contributed by atoms with Crippen molar-refractivity contribution in [2.45, 2.75) is 44.9 Å². The van der Waals surface area contributed by atoms with Crippen molar-refractivity contribution in [1.29, 1.82) is 0 Å². The first-order chi connectivity index (χ1) is 13.2. The second-order valence-electron chi connectivity index (χ2n) is 8.08. The van der Waals surface area contributed by atoms with Crippen molar-refractivity contribution < 1.29 is 4.57 Å². The van der Waals surface area contributed by atoms with E-state index in [-0.39, 0.29) is 0 Å². The smallest absolute Gasteiger partial charge is 0.200 e. The molecular formula is C25H26NS+. The van der Waals surface area contributed by atoms with Crippen molar-refractivity contribution in [3.63, 3.8) is 0 Å². The van der Waals surface area contributed by atoms with Crippen LogP contribution in [0.1, 0.15) is 49.1 Å². The van der Waals surface area contributed by atoms with Gasteiger partial charge in [-0.25, -0.2) is 4.57 Å². The van der Waals surface area contributed by atoms with Crippen LogP contribution >= 0.6 is 11.3 Å². The molecule has 0 unspecified atom stereocenters. The molecule has 1 nitrogen and oxygen atoms in total. The van der Waals surface area contributed by atoms with Crippen LogP contribution in [-0.4, -0.2) is 0 Å². The summed E-state index contributed by atoms with van der Waals surface area (Å²) in [5.74, 6) is 0.754. The second kappa shape index (κ2) is 6.76. The third kappa shape index (κ3) is 2.96. The van der Waals surface area contributed by atoms with Crippen LogP contribution in [0, 0.1) is 6.92 Å². The van der Waals surface area contributed by atoms with Crippen LogP contribution in [0.5, 0.6) is 0 Å². The SMILES string of the molecule is Cc1cc2ccsc2cc1-c1c2ccc(C3CCCCC3)cc2cc[n+]1C. The van der Waals surface area contributed by atoms with Gasteiger partial charge in [0.15, 0.2) is 6.20 Å². The molecule has 2 heterocycles. The highest BCUT2D eigenvalue weighted by atomic mass is 32.1. The number of aryl methyl sites for hydroxylation is 2. The first-order valence-corrected chi connectivity index (χ1v) is 11.0. The maximum absolute atomic E-state index is 2.45. The molecule has 0 aliphatic heterocycles. The van der Waals surface area contributed by atoms with Gasteiger partial charge in [-0.2, -0.15) is 0 Å². The highest BCUT2D eigenvalue weighted by Gasteiger charge is 2.20. The Morgan fingerprint density at radius 1 is 0.926 bits per heavy atom. The van der Waals surface area contributed by atoms with E-state index in [4.69, 9.17) is 0 Å².